The summed E-state index contributed by atoms with van der Waals surface area (Å²) in [6.45, 7) is 1.96. The van der Waals surface area contributed by atoms with Crippen LogP contribution in [0.25, 0.3) is 0 Å². The molecule has 0 unspecified atom stereocenters. The quantitative estimate of drug-likeness (QED) is 0.653. The van der Waals surface area contributed by atoms with E-state index in [1.165, 1.54) is 12.1 Å². The molecule has 0 saturated carbocycles. The molecule has 164 valence electrons. The van der Waals surface area contributed by atoms with Crippen LogP contribution in [0.5, 0.6) is 11.5 Å². The van der Waals surface area contributed by atoms with Crippen molar-refractivity contribution in [3.8, 4) is 11.5 Å². The molecular weight excluding hydrogens is 430 g/mol. The number of ether oxygens (including phenoxy) is 2. The Labute approximate surface area is 182 Å². The summed E-state index contributed by atoms with van der Waals surface area (Å²) in [5, 5.41) is 9.85. The first kappa shape index (κ1) is 24.1. The van der Waals surface area contributed by atoms with Gasteiger partial charge in [0.05, 0.1) is 11.5 Å². The molecular formula is C21H26ClNO6S. The number of para-hydroxylation sites is 1. The predicted molar refractivity (Wildman–Crippen MR) is 115 cm³/mol. The number of methoxy groups -OCH3 is 1. The van der Waals surface area contributed by atoms with Crippen LogP contribution in [0.15, 0.2) is 59.5 Å². The van der Waals surface area contributed by atoms with E-state index >= 15 is 0 Å². The first-order valence-electron chi connectivity index (χ1n) is 9.41. The molecule has 3 rings (SSSR count). The number of hydrogen-bond acceptors (Lipinski definition) is 6. The Morgan fingerprint density at radius 3 is 2.13 bits per heavy atom. The number of likely N-dealkylation sites (tertiary alicyclic amines) is 1. The summed E-state index contributed by atoms with van der Waals surface area (Å²) in [6.07, 6.45) is 0.0767. The lowest BCUT2D eigenvalue weighted by atomic mass is 9.96. The van der Waals surface area contributed by atoms with Crippen molar-refractivity contribution in [3.63, 3.8) is 0 Å². The highest BCUT2D eigenvalue weighted by Crippen LogP contribution is 2.36. The minimum atomic E-state index is -4.07. The number of carbonyl (C=O) groups is 1. The van der Waals surface area contributed by atoms with Crippen LogP contribution in [0.3, 0.4) is 0 Å². The Kier molecular flexibility index (Phi) is 8.25. The number of rotatable bonds is 8. The van der Waals surface area contributed by atoms with Gasteiger partial charge in [-0.05, 0) is 49.2 Å². The summed E-state index contributed by atoms with van der Waals surface area (Å²) < 4.78 is 35.5. The van der Waals surface area contributed by atoms with Crippen molar-refractivity contribution < 1.29 is 27.8 Å². The standard InChI is InChI=1S/C21H25NO6S.ClH/c1-27-16-15-22-13-11-21(12-14-22,20(23)24)29(25,26)19-9-7-18(8-10-19)28-17-5-3-2-4-6-17;/h2-10H,11-16H2,1H3,(H,23,24);1H. The smallest absolute Gasteiger partial charge is 0.325 e. The van der Waals surface area contributed by atoms with Crippen LogP contribution >= 0.6 is 12.4 Å². The number of halogens is 1. The SMILES string of the molecule is COCCN1CCC(C(=O)O)(S(=O)(=O)c2ccc(Oc3ccccc3)cc2)CC1.Cl. The Balaban J connectivity index is 0.00000320. The van der Waals surface area contributed by atoms with Crippen LogP contribution in [0, 0.1) is 0 Å². The lowest BCUT2D eigenvalue weighted by molar-refractivity contribution is -0.141. The predicted octanol–water partition coefficient (Wildman–Crippen LogP) is 3.24. The summed E-state index contributed by atoms with van der Waals surface area (Å²) in [5.74, 6) is -0.184. The molecule has 0 aromatic heterocycles. The number of sulfone groups is 1. The van der Waals surface area contributed by atoms with Gasteiger partial charge in [-0.25, -0.2) is 8.42 Å². The van der Waals surface area contributed by atoms with Crippen LogP contribution in [0.2, 0.25) is 0 Å². The van der Waals surface area contributed by atoms with Gasteiger partial charge in [-0.15, -0.1) is 12.4 Å². The minimum Gasteiger partial charge on any atom is -0.480 e. The summed E-state index contributed by atoms with van der Waals surface area (Å²) in [5.41, 5.74) is 0. The maximum Gasteiger partial charge on any atom is 0.325 e. The van der Waals surface area contributed by atoms with E-state index in [9.17, 15) is 18.3 Å². The molecule has 30 heavy (non-hydrogen) atoms. The Bertz CT molecular complexity index is 926. The molecule has 0 bridgehead atoms. The molecule has 0 radical (unpaired) electrons. The Morgan fingerprint density at radius 1 is 1.03 bits per heavy atom. The van der Waals surface area contributed by atoms with Gasteiger partial charge in [-0.1, -0.05) is 18.2 Å². The molecule has 0 aliphatic carbocycles. The zero-order valence-electron chi connectivity index (χ0n) is 16.7. The molecule has 1 fully saturated rings. The molecule has 2 aromatic rings. The second-order valence-corrected chi connectivity index (χ2v) is 9.28. The summed E-state index contributed by atoms with van der Waals surface area (Å²) in [6, 6.07) is 15.0. The Hall–Kier alpha value is -2.13. The van der Waals surface area contributed by atoms with Crippen LogP contribution in [0.4, 0.5) is 0 Å². The average molecular weight is 456 g/mol. The largest absolute Gasteiger partial charge is 0.480 e. The average Bonchev–Trinajstić information content (AvgIpc) is 2.73. The molecule has 0 amide bonds. The number of carboxylic acids is 1. The first-order chi connectivity index (χ1) is 13.9. The van der Waals surface area contributed by atoms with Crippen LogP contribution in [-0.2, 0) is 19.4 Å². The molecule has 0 spiro atoms. The van der Waals surface area contributed by atoms with Gasteiger partial charge >= 0.3 is 5.97 Å². The number of benzene rings is 2. The number of carboxylic acid groups (broad SMARTS) is 1. The molecule has 1 heterocycles. The van der Waals surface area contributed by atoms with Gasteiger partial charge in [0, 0.05) is 26.7 Å². The van der Waals surface area contributed by atoms with Crippen molar-refractivity contribution in [1.82, 2.24) is 4.90 Å². The van der Waals surface area contributed by atoms with Crippen molar-refractivity contribution in [2.24, 2.45) is 0 Å². The molecule has 2 aromatic carbocycles. The van der Waals surface area contributed by atoms with Crippen LogP contribution < -0.4 is 4.74 Å². The van der Waals surface area contributed by atoms with Crippen molar-refractivity contribution in [1.29, 1.82) is 0 Å². The van der Waals surface area contributed by atoms with Gasteiger partial charge in [-0.3, -0.25) is 4.79 Å². The lowest BCUT2D eigenvalue weighted by Crippen LogP contribution is -2.54. The molecule has 1 aliphatic rings. The fourth-order valence-corrected chi connectivity index (χ4v) is 5.39. The normalized spacial score (nSPS) is 16.4. The second-order valence-electron chi connectivity index (χ2n) is 7.02. The number of hydrogen-bond donors (Lipinski definition) is 1. The van der Waals surface area contributed by atoms with Crippen LogP contribution in [-0.4, -0.2) is 62.5 Å². The monoisotopic (exact) mass is 455 g/mol. The van der Waals surface area contributed by atoms with E-state index in [0.717, 1.165) is 0 Å². The van der Waals surface area contributed by atoms with E-state index in [1.807, 2.05) is 23.1 Å². The van der Waals surface area contributed by atoms with Crippen molar-refractivity contribution >= 4 is 28.2 Å². The summed E-state index contributed by atoms with van der Waals surface area (Å²) >= 11 is 0. The van der Waals surface area contributed by atoms with E-state index in [2.05, 4.69) is 0 Å². The molecule has 7 nitrogen and oxygen atoms in total. The van der Waals surface area contributed by atoms with E-state index in [0.29, 0.717) is 37.7 Å². The highest BCUT2D eigenvalue weighted by Gasteiger charge is 2.53. The van der Waals surface area contributed by atoms with Crippen molar-refractivity contribution in [2.75, 3.05) is 33.4 Å². The number of aliphatic carboxylic acids is 1. The maximum atomic E-state index is 13.3. The molecule has 1 aliphatic heterocycles. The van der Waals surface area contributed by atoms with Gasteiger partial charge < -0.3 is 19.5 Å². The summed E-state index contributed by atoms with van der Waals surface area (Å²) in [7, 11) is -2.47. The first-order valence-corrected chi connectivity index (χ1v) is 10.9. The summed E-state index contributed by atoms with van der Waals surface area (Å²) in [4.78, 5) is 14.1. The van der Waals surface area contributed by atoms with Crippen LogP contribution in [0.1, 0.15) is 12.8 Å². The Morgan fingerprint density at radius 2 is 1.60 bits per heavy atom. The van der Waals surface area contributed by atoms with E-state index in [1.54, 1.807) is 31.4 Å². The number of nitrogens with zero attached hydrogens (tertiary/aromatic N) is 1. The third kappa shape index (κ3) is 4.95. The topological polar surface area (TPSA) is 93.1 Å². The third-order valence-corrected chi connectivity index (χ3v) is 7.80. The lowest BCUT2D eigenvalue weighted by Gasteiger charge is -2.38. The molecule has 9 heteroatoms. The molecule has 1 N–H and O–H groups in total. The van der Waals surface area contributed by atoms with E-state index < -0.39 is 20.6 Å². The van der Waals surface area contributed by atoms with Gasteiger partial charge in [0.25, 0.3) is 0 Å². The second kappa shape index (κ2) is 10.3. The third-order valence-electron chi connectivity index (χ3n) is 5.29. The molecule has 0 atom stereocenters. The fourth-order valence-electron chi connectivity index (χ4n) is 3.49. The maximum absolute atomic E-state index is 13.3. The fraction of sp³-hybridized carbons (Fsp3) is 0.381. The molecule has 1 saturated heterocycles. The van der Waals surface area contributed by atoms with Gasteiger partial charge in [0.1, 0.15) is 11.5 Å². The number of piperidine rings is 1. The highest BCUT2D eigenvalue weighted by atomic mass is 35.5. The highest BCUT2D eigenvalue weighted by molar-refractivity contribution is 7.93. The zero-order chi connectivity index (χ0) is 20.9. The van der Waals surface area contributed by atoms with Gasteiger partial charge in [0.2, 0.25) is 0 Å². The van der Waals surface area contributed by atoms with Gasteiger partial charge in [0.15, 0.2) is 14.6 Å². The van der Waals surface area contributed by atoms with E-state index in [4.69, 9.17) is 9.47 Å². The minimum absolute atomic E-state index is 0. The van der Waals surface area contributed by atoms with Gasteiger partial charge in [-0.2, -0.15) is 0 Å². The van der Waals surface area contributed by atoms with Crippen molar-refractivity contribution in [2.45, 2.75) is 22.5 Å². The van der Waals surface area contributed by atoms with Crippen molar-refractivity contribution in [3.05, 3.63) is 54.6 Å². The zero-order valence-corrected chi connectivity index (χ0v) is 18.3. The van der Waals surface area contributed by atoms with E-state index in [-0.39, 0.29) is 30.1 Å².